The van der Waals surface area contributed by atoms with Gasteiger partial charge >= 0.3 is 5.97 Å². The molecule has 2 aromatic rings. The summed E-state index contributed by atoms with van der Waals surface area (Å²) in [6, 6.07) is 10.4. The van der Waals surface area contributed by atoms with Crippen molar-refractivity contribution < 1.29 is 23.5 Å². The first-order valence-corrected chi connectivity index (χ1v) is 8.86. The topological polar surface area (TPSA) is 88.9 Å². The van der Waals surface area contributed by atoms with Gasteiger partial charge in [-0.2, -0.15) is 0 Å². The van der Waals surface area contributed by atoms with Gasteiger partial charge in [0.2, 0.25) is 5.91 Å². The van der Waals surface area contributed by atoms with Gasteiger partial charge < -0.3 is 19.4 Å². The minimum atomic E-state index is -0.629. The van der Waals surface area contributed by atoms with Gasteiger partial charge in [-0.25, -0.2) is 0 Å². The summed E-state index contributed by atoms with van der Waals surface area (Å²) in [6.45, 7) is 0.685. The summed E-state index contributed by atoms with van der Waals surface area (Å²) < 4.78 is 9.82. The van der Waals surface area contributed by atoms with Crippen LogP contribution >= 0.6 is 0 Å². The third-order valence-electron chi connectivity index (χ3n) is 4.63. The highest BCUT2D eigenvalue weighted by Gasteiger charge is 2.35. The monoisotopic (exact) mass is 370 g/mol. The summed E-state index contributed by atoms with van der Waals surface area (Å²) in [5.74, 6) is -0.665. The van der Waals surface area contributed by atoms with Gasteiger partial charge in [-0.05, 0) is 29.7 Å². The Hall–Kier alpha value is -3.09. The van der Waals surface area contributed by atoms with Gasteiger partial charge in [0, 0.05) is 25.9 Å². The van der Waals surface area contributed by atoms with Crippen LogP contribution in [0.3, 0.4) is 0 Å². The lowest BCUT2D eigenvalue weighted by Crippen LogP contribution is -2.52. The van der Waals surface area contributed by atoms with Crippen LogP contribution in [-0.2, 0) is 27.3 Å². The zero-order chi connectivity index (χ0) is 19.2. The number of furan rings is 1. The number of hydrogen-bond acceptors (Lipinski definition) is 5. The number of rotatable bonds is 6. The molecule has 1 aliphatic rings. The second-order valence-electron chi connectivity index (χ2n) is 6.37. The van der Waals surface area contributed by atoms with Crippen molar-refractivity contribution in [1.29, 1.82) is 0 Å². The summed E-state index contributed by atoms with van der Waals surface area (Å²) in [7, 11) is 1.33. The molecular formula is C20H22N2O5. The Morgan fingerprint density at radius 3 is 2.67 bits per heavy atom. The Morgan fingerprint density at radius 2 is 1.96 bits per heavy atom. The Kier molecular flexibility index (Phi) is 5.90. The molecule has 1 unspecified atom stereocenters. The van der Waals surface area contributed by atoms with Crippen molar-refractivity contribution in [2.75, 3.05) is 13.7 Å². The molecule has 1 atom stereocenters. The Morgan fingerprint density at radius 1 is 1.19 bits per heavy atom. The van der Waals surface area contributed by atoms with Crippen molar-refractivity contribution >= 4 is 17.8 Å². The lowest BCUT2D eigenvalue weighted by atomic mass is 9.93. The molecule has 1 aliphatic heterocycles. The number of ether oxygens (including phenoxy) is 1. The van der Waals surface area contributed by atoms with Crippen LogP contribution in [0.5, 0.6) is 0 Å². The molecule has 3 rings (SSSR count). The van der Waals surface area contributed by atoms with Crippen LogP contribution in [-0.4, -0.2) is 42.4 Å². The molecule has 7 nitrogen and oxygen atoms in total. The number of hydrogen-bond donors (Lipinski definition) is 1. The van der Waals surface area contributed by atoms with Crippen LogP contribution in [0.4, 0.5) is 0 Å². The molecule has 1 N–H and O–H groups in total. The van der Waals surface area contributed by atoms with E-state index in [1.165, 1.54) is 18.3 Å². The molecule has 0 fully saturated rings. The second kappa shape index (κ2) is 8.53. The van der Waals surface area contributed by atoms with Gasteiger partial charge in [-0.1, -0.05) is 24.3 Å². The van der Waals surface area contributed by atoms with Crippen LogP contribution in [0, 0.1) is 0 Å². The van der Waals surface area contributed by atoms with Crippen molar-refractivity contribution in [3.8, 4) is 0 Å². The molecule has 0 bridgehead atoms. The number of carbonyl (C=O) groups is 3. The maximum atomic E-state index is 12.8. The third kappa shape index (κ3) is 4.36. The molecule has 2 heterocycles. The molecule has 0 saturated carbocycles. The average Bonchev–Trinajstić information content (AvgIpc) is 3.24. The third-order valence-corrected chi connectivity index (χ3v) is 4.63. The molecule has 27 heavy (non-hydrogen) atoms. The van der Waals surface area contributed by atoms with Crippen molar-refractivity contribution in [3.63, 3.8) is 0 Å². The Balaban J connectivity index is 1.72. The van der Waals surface area contributed by atoms with Gasteiger partial charge in [0.1, 0.15) is 6.04 Å². The van der Waals surface area contributed by atoms with E-state index in [0.717, 1.165) is 11.1 Å². The van der Waals surface area contributed by atoms with Gasteiger partial charge in [-0.3, -0.25) is 14.4 Å². The van der Waals surface area contributed by atoms with E-state index in [9.17, 15) is 14.4 Å². The number of benzene rings is 1. The zero-order valence-electron chi connectivity index (χ0n) is 15.1. The first-order chi connectivity index (χ1) is 13.1. The van der Waals surface area contributed by atoms with E-state index < -0.39 is 6.04 Å². The van der Waals surface area contributed by atoms with Crippen molar-refractivity contribution in [2.24, 2.45) is 0 Å². The van der Waals surface area contributed by atoms with E-state index in [1.807, 2.05) is 24.3 Å². The summed E-state index contributed by atoms with van der Waals surface area (Å²) in [5, 5.41) is 2.82. The van der Waals surface area contributed by atoms with E-state index in [1.54, 1.807) is 12.1 Å². The second-order valence-corrected chi connectivity index (χ2v) is 6.37. The fraction of sp³-hybridized carbons (Fsp3) is 0.350. The normalized spacial score (nSPS) is 15.7. The fourth-order valence-electron chi connectivity index (χ4n) is 3.18. The molecule has 142 valence electrons. The number of nitrogens with zero attached hydrogens (tertiary/aromatic N) is 1. The lowest BCUT2D eigenvalue weighted by molar-refractivity contribution is -0.140. The molecular weight excluding hydrogens is 348 g/mol. The first-order valence-electron chi connectivity index (χ1n) is 8.86. The van der Waals surface area contributed by atoms with Crippen LogP contribution in [0.1, 0.15) is 34.5 Å². The number of fused-ring (bicyclic) bond motifs is 1. The van der Waals surface area contributed by atoms with E-state index in [2.05, 4.69) is 10.1 Å². The van der Waals surface area contributed by atoms with Gasteiger partial charge in [0.05, 0.1) is 13.4 Å². The highest BCUT2D eigenvalue weighted by atomic mass is 16.5. The smallest absolute Gasteiger partial charge is 0.305 e. The molecule has 2 amide bonds. The fourth-order valence-corrected chi connectivity index (χ4v) is 3.18. The van der Waals surface area contributed by atoms with E-state index in [4.69, 9.17) is 4.42 Å². The zero-order valence-corrected chi connectivity index (χ0v) is 15.1. The average molecular weight is 370 g/mol. The molecule has 0 radical (unpaired) electrons. The molecule has 7 heteroatoms. The van der Waals surface area contributed by atoms with Crippen LogP contribution in [0.25, 0.3) is 0 Å². The number of nitrogens with one attached hydrogen (secondary N) is 1. The SMILES string of the molecule is COC(=O)CCCNC(=O)C1Cc2ccccc2CN1C(=O)c1ccco1. The lowest BCUT2D eigenvalue weighted by Gasteiger charge is -2.35. The van der Waals surface area contributed by atoms with Gasteiger partial charge in [0.25, 0.3) is 5.91 Å². The summed E-state index contributed by atoms with van der Waals surface area (Å²) in [5.41, 5.74) is 2.07. The van der Waals surface area contributed by atoms with Crippen LogP contribution < -0.4 is 5.32 Å². The maximum absolute atomic E-state index is 12.8. The number of esters is 1. The quantitative estimate of drug-likeness (QED) is 0.620. The minimum absolute atomic E-state index is 0.206. The summed E-state index contributed by atoms with van der Waals surface area (Å²) >= 11 is 0. The Labute approximate surface area is 157 Å². The van der Waals surface area contributed by atoms with Crippen molar-refractivity contribution in [3.05, 3.63) is 59.5 Å². The predicted octanol–water partition coefficient (Wildman–Crippen LogP) is 1.92. The largest absolute Gasteiger partial charge is 0.469 e. The molecule has 1 aromatic carbocycles. The van der Waals surface area contributed by atoms with E-state index in [0.29, 0.717) is 25.9 Å². The predicted molar refractivity (Wildman–Crippen MR) is 96.8 cm³/mol. The van der Waals surface area contributed by atoms with Gasteiger partial charge in [-0.15, -0.1) is 0 Å². The molecule has 1 aromatic heterocycles. The number of carbonyl (C=O) groups excluding carboxylic acids is 3. The molecule has 0 saturated heterocycles. The molecule has 0 spiro atoms. The first kappa shape index (κ1) is 18.7. The highest BCUT2D eigenvalue weighted by molar-refractivity contribution is 5.96. The summed E-state index contributed by atoms with van der Waals surface area (Å²) in [4.78, 5) is 38.3. The van der Waals surface area contributed by atoms with Gasteiger partial charge in [0.15, 0.2) is 5.76 Å². The Bertz CT molecular complexity index is 816. The standard InChI is InChI=1S/C20H22N2O5/c1-26-18(23)9-4-10-21-19(24)16-12-14-6-2-3-7-15(14)13-22(16)20(25)17-8-5-11-27-17/h2-3,5-8,11,16H,4,9-10,12-13H2,1H3,(H,21,24). The number of methoxy groups -OCH3 is 1. The molecule has 0 aliphatic carbocycles. The van der Waals surface area contributed by atoms with E-state index >= 15 is 0 Å². The minimum Gasteiger partial charge on any atom is -0.469 e. The van der Waals surface area contributed by atoms with Crippen molar-refractivity contribution in [2.45, 2.75) is 31.8 Å². The number of amides is 2. The van der Waals surface area contributed by atoms with E-state index in [-0.39, 0.29) is 30.0 Å². The van der Waals surface area contributed by atoms with Crippen molar-refractivity contribution in [1.82, 2.24) is 10.2 Å². The highest BCUT2D eigenvalue weighted by Crippen LogP contribution is 2.25. The summed E-state index contributed by atoms with van der Waals surface area (Å²) in [6.07, 6.45) is 2.59. The van der Waals surface area contributed by atoms with Crippen LogP contribution in [0.15, 0.2) is 47.1 Å². The van der Waals surface area contributed by atoms with Crippen LogP contribution in [0.2, 0.25) is 0 Å². The maximum Gasteiger partial charge on any atom is 0.305 e.